The van der Waals surface area contributed by atoms with E-state index in [4.69, 9.17) is 4.74 Å². The second kappa shape index (κ2) is 7.71. The number of amides is 1. The van der Waals surface area contributed by atoms with E-state index in [0.29, 0.717) is 6.54 Å². The molecule has 0 spiro atoms. The van der Waals surface area contributed by atoms with E-state index in [1.165, 1.54) is 7.11 Å². The molecular formula is C14H21NO2. The fraction of sp³-hybridized carbons (Fsp3) is 0.500. The Morgan fingerprint density at radius 1 is 1.24 bits per heavy atom. The third kappa shape index (κ3) is 4.89. The van der Waals surface area contributed by atoms with Crippen molar-refractivity contribution in [1.82, 2.24) is 4.90 Å². The van der Waals surface area contributed by atoms with Gasteiger partial charge >= 0.3 is 6.09 Å². The highest BCUT2D eigenvalue weighted by Gasteiger charge is 2.13. The summed E-state index contributed by atoms with van der Waals surface area (Å²) >= 11 is 0. The zero-order valence-corrected chi connectivity index (χ0v) is 10.7. The molecule has 0 fully saturated rings. The summed E-state index contributed by atoms with van der Waals surface area (Å²) in [5.74, 6) is 0. The van der Waals surface area contributed by atoms with Crippen molar-refractivity contribution in [1.29, 1.82) is 0 Å². The summed E-state index contributed by atoms with van der Waals surface area (Å²) in [5, 5.41) is 0. The third-order valence-electron chi connectivity index (χ3n) is 2.68. The normalized spacial score (nSPS) is 10.0. The van der Waals surface area contributed by atoms with E-state index >= 15 is 0 Å². The summed E-state index contributed by atoms with van der Waals surface area (Å²) in [4.78, 5) is 13.4. The van der Waals surface area contributed by atoms with Crippen LogP contribution in [0.25, 0.3) is 0 Å². The van der Waals surface area contributed by atoms with Crippen LogP contribution < -0.4 is 0 Å². The molecule has 17 heavy (non-hydrogen) atoms. The van der Waals surface area contributed by atoms with Gasteiger partial charge in [-0.25, -0.2) is 4.79 Å². The van der Waals surface area contributed by atoms with E-state index in [-0.39, 0.29) is 6.09 Å². The van der Waals surface area contributed by atoms with Crippen LogP contribution in [-0.4, -0.2) is 24.6 Å². The largest absolute Gasteiger partial charge is 0.453 e. The quantitative estimate of drug-likeness (QED) is 0.707. The van der Waals surface area contributed by atoms with E-state index in [0.717, 1.165) is 31.4 Å². The average Bonchev–Trinajstić information content (AvgIpc) is 2.38. The van der Waals surface area contributed by atoms with Crippen LogP contribution in [-0.2, 0) is 11.3 Å². The van der Waals surface area contributed by atoms with Gasteiger partial charge in [-0.05, 0) is 12.0 Å². The summed E-state index contributed by atoms with van der Waals surface area (Å²) in [6.07, 6.45) is 3.08. The fourth-order valence-corrected chi connectivity index (χ4v) is 1.72. The number of rotatable bonds is 6. The maximum atomic E-state index is 11.6. The fourth-order valence-electron chi connectivity index (χ4n) is 1.72. The molecule has 1 aromatic rings. The molecule has 1 rings (SSSR count). The van der Waals surface area contributed by atoms with Gasteiger partial charge in [-0.3, -0.25) is 0 Å². The van der Waals surface area contributed by atoms with Gasteiger partial charge in [-0.1, -0.05) is 50.1 Å². The Hall–Kier alpha value is -1.51. The molecule has 1 aromatic carbocycles. The van der Waals surface area contributed by atoms with Gasteiger partial charge in [0.25, 0.3) is 0 Å². The third-order valence-corrected chi connectivity index (χ3v) is 2.68. The highest BCUT2D eigenvalue weighted by molar-refractivity contribution is 5.67. The second-order valence-corrected chi connectivity index (χ2v) is 4.08. The first-order chi connectivity index (χ1) is 8.27. The lowest BCUT2D eigenvalue weighted by molar-refractivity contribution is 0.120. The first kappa shape index (κ1) is 13.6. The van der Waals surface area contributed by atoms with E-state index in [9.17, 15) is 4.79 Å². The zero-order valence-electron chi connectivity index (χ0n) is 10.7. The summed E-state index contributed by atoms with van der Waals surface area (Å²) in [5.41, 5.74) is 1.13. The van der Waals surface area contributed by atoms with Gasteiger partial charge in [0.1, 0.15) is 0 Å². The zero-order chi connectivity index (χ0) is 12.5. The highest BCUT2D eigenvalue weighted by atomic mass is 16.5. The molecular weight excluding hydrogens is 214 g/mol. The smallest absolute Gasteiger partial charge is 0.409 e. The summed E-state index contributed by atoms with van der Waals surface area (Å²) in [6, 6.07) is 9.99. The molecule has 0 saturated carbocycles. The van der Waals surface area contributed by atoms with E-state index < -0.39 is 0 Å². The number of carbonyl (C=O) groups excluding carboxylic acids is 1. The minimum absolute atomic E-state index is 0.245. The van der Waals surface area contributed by atoms with Crippen LogP contribution in [0.5, 0.6) is 0 Å². The number of unbranched alkanes of at least 4 members (excludes halogenated alkanes) is 2. The Balaban J connectivity index is 2.54. The maximum Gasteiger partial charge on any atom is 0.409 e. The van der Waals surface area contributed by atoms with E-state index in [1.54, 1.807) is 4.90 Å². The molecule has 1 amide bonds. The average molecular weight is 235 g/mol. The van der Waals surface area contributed by atoms with Gasteiger partial charge < -0.3 is 9.64 Å². The summed E-state index contributed by atoms with van der Waals surface area (Å²) in [6.45, 7) is 3.53. The number of hydrogen-bond acceptors (Lipinski definition) is 2. The molecule has 0 aliphatic carbocycles. The second-order valence-electron chi connectivity index (χ2n) is 4.08. The van der Waals surface area contributed by atoms with Crippen LogP contribution in [0.3, 0.4) is 0 Å². The number of ether oxygens (including phenoxy) is 1. The molecule has 0 aliphatic rings. The first-order valence-electron chi connectivity index (χ1n) is 6.14. The van der Waals surface area contributed by atoms with Gasteiger partial charge in [0.05, 0.1) is 7.11 Å². The van der Waals surface area contributed by atoms with Crippen LogP contribution in [0.4, 0.5) is 4.79 Å². The maximum absolute atomic E-state index is 11.6. The standard InChI is InChI=1S/C14H21NO2/c1-3-4-8-11-15(14(16)17-2)12-13-9-6-5-7-10-13/h5-7,9-10H,3-4,8,11-12H2,1-2H3. The van der Waals surface area contributed by atoms with Crippen molar-refractivity contribution >= 4 is 6.09 Å². The summed E-state index contributed by atoms with van der Waals surface area (Å²) < 4.78 is 4.80. The molecule has 0 radical (unpaired) electrons. The number of hydrogen-bond donors (Lipinski definition) is 0. The Bertz CT molecular complexity index is 324. The molecule has 3 nitrogen and oxygen atoms in total. The van der Waals surface area contributed by atoms with Crippen LogP contribution in [0, 0.1) is 0 Å². The van der Waals surface area contributed by atoms with Crippen molar-refractivity contribution in [3.05, 3.63) is 35.9 Å². The van der Waals surface area contributed by atoms with Crippen LogP contribution in [0.15, 0.2) is 30.3 Å². The molecule has 94 valence electrons. The Labute approximate surface area is 103 Å². The predicted octanol–water partition coefficient (Wildman–Crippen LogP) is 3.45. The lowest BCUT2D eigenvalue weighted by Gasteiger charge is -2.21. The SMILES string of the molecule is CCCCCN(Cc1ccccc1)C(=O)OC. The van der Waals surface area contributed by atoms with Gasteiger partial charge in [-0.15, -0.1) is 0 Å². The van der Waals surface area contributed by atoms with Crippen molar-refractivity contribution in [2.75, 3.05) is 13.7 Å². The minimum Gasteiger partial charge on any atom is -0.453 e. The molecule has 0 N–H and O–H groups in total. The predicted molar refractivity (Wildman–Crippen MR) is 68.8 cm³/mol. The monoisotopic (exact) mass is 235 g/mol. The van der Waals surface area contributed by atoms with Gasteiger partial charge in [0.15, 0.2) is 0 Å². The number of carbonyl (C=O) groups is 1. The van der Waals surface area contributed by atoms with Crippen molar-refractivity contribution in [3.8, 4) is 0 Å². The molecule has 3 heteroatoms. The van der Waals surface area contributed by atoms with Crippen molar-refractivity contribution < 1.29 is 9.53 Å². The summed E-state index contributed by atoms with van der Waals surface area (Å²) in [7, 11) is 1.43. The van der Waals surface area contributed by atoms with Gasteiger partial charge in [0.2, 0.25) is 0 Å². The number of benzene rings is 1. The Morgan fingerprint density at radius 3 is 2.53 bits per heavy atom. The van der Waals surface area contributed by atoms with E-state index in [1.807, 2.05) is 30.3 Å². The number of nitrogens with zero attached hydrogens (tertiary/aromatic N) is 1. The Morgan fingerprint density at radius 2 is 1.94 bits per heavy atom. The molecule has 0 heterocycles. The Kier molecular flexibility index (Phi) is 6.15. The van der Waals surface area contributed by atoms with Crippen LogP contribution in [0.1, 0.15) is 31.7 Å². The molecule has 0 aromatic heterocycles. The highest BCUT2D eigenvalue weighted by Crippen LogP contribution is 2.08. The molecule has 0 bridgehead atoms. The van der Waals surface area contributed by atoms with Crippen molar-refractivity contribution in [2.45, 2.75) is 32.7 Å². The minimum atomic E-state index is -0.245. The van der Waals surface area contributed by atoms with Gasteiger partial charge in [-0.2, -0.15) is 0 Å². The van der Waals surface area contributed by atoms with Crippen LogP contribution >= 0.6 is 0 Å². The van der Waals surface area contributed by atoms with Crippen molar-refractivity contribution in [2.24, 2.45) is 0 Å². The van der Waals surface area contributed by atoms with Gasteiger partial charge in [0, 0.05) is 13.1 Å². The molecule has 0 unspecified atom stereocenters. The molecule has 0 aliphatic heterocycles. The topological polar surface area (TPSA) is 29.5 Å². The van der Waals surface area contributed by atoms with E-state index in [2.05, 4.69) is 6.92 Å². The lowest BCUT2D eigenvalue weighted by Crippen LogP contribution is -2.31. The van der Waals surface area contributed by atoms with Crippen molar-refractivity contribution in [3.63, 3.8) is 0 Å². The lowest BCUT2D eigenvalue weighted by atomic mass is 10.2. The first-order valence-corrected chi connectivity index (χ1v) is 6.14. The molecule has 0 saturated heterocycles. The molecule has 0 atom stereocenters. The number of methoxy groups -OCH3 is 1. The van der Waals surface area contributed by atoms with Crippen LogP contribution in [0.2, 0.25) is 0 Å².